The van der Waals surface area contributed by atoms with Gasteiger partial charge in [-0.3, -0.25) is 9.59 Å². The molecule has 1 aliphatic carbocycles. The predicted octanol–water partition coefficient (Wildman–Crippen LogP) is 9.95. The number of unbranched alkanes of at least 4 members (excludes halogenated alkanes) is 8. The molecule has 2 aromatic carbocycles. The summed E-state index contributed by atoms with van der Waals surface area (Å²) in [5.41, 5.74) is -2.76. The van der Waals surface area contributed by atoms with Crippen LogP contribution in [0.5, 0.6) is 5.75 Å². The summed E-state index contributed by atoms with van der Waals surface area (Å²) in [5, 5.41) is 10.3. The highest BCUT2D eigenvalue weighted by molar-refractivity contribution is 5.97. The molecule has 0 saturated heterocycles. The molecule has 0 bridgehead atoms. The van der Waals surface area contributed by atoms with Gasteiger partial charge in [0.25, 0.3) is 0 Å². The highest BCUT2D eigenvalue weighted by Gasteiger charge is 2.48. The Morgan fingerprint density at radius 1 is 0.880 bits per heavy atom. The number of carboxylic acids is 1. The van der Waals surface area contributed by atoms with Gasteiger partial charge in [0.15, 0.2) is 11.5 Å². The highest BCUT2D eigenvalue weighted by atomic mass is 19.4. The van der Waals surface area contributed by atoms with Gasteiger partial charge in [-0.05, 0) is 68.0 Å². The second-order valence-electron chi connectivity index (χ2n) is 12.5. The standard InChI is InChI=1S/C39H48F4O7/c1-3-5-6-7-8-9-12-19-35(44)49-30-22-20-28(21-23-30)29-24-25-38(37(46)47,33(40)27-29)32-17-14-13-16-31(32)36(45)50-34(39(41,42)43)18-11-10-15-26-48-4-2/h13-14,16-17,20-25,27,29,34H,3-12,15,18-19,26H2,1-2H3,(H,46,47). The molecule has 11 heteroatoms. The zero-order chi connectivity index (χ0) is 36.6. The SMILES string of the molecule is CCCCCCCCCC(=O)Oc1ccc(C2C=CC(C(=O)O)(c3ccccc3C(=O)OC(CCCCCOCC)C(F)(F)F)C(F)=C2)cc1. The van der Waals surface area contributed by atoms with Crippen LogP contribution in [-0.2, 0) is 24.5 Å². The van der Waals surface area contributed by atoms with Gasteiger partial charge in [-0.1, -0.05) is 94.4 Å². The first kappa shape index (κ1) is 40.4. The van der Waals surface area contributed by atoms with Crippen LogP contribution in [0, 0.1) is 0 Å². The maximum Gasteiger partial charge on any atom is 0.425 e. The zero-order valence-corrected chi connectivity index (χ0v) is 28.8. The smallest absolute Gasteiger partial charge is 0.425 e. The summed E-state index contributed by atoms with van der Waals surface area (Å²) in [7, 11) is 0. The minimum atomic E-state index is -4.86. The molecule has 3 unspecified atom stereocenters. The minimum absolute atomic E-state index is 0.120. The van der Waals surface area contributed by atoms with E-state index >= 15 is 4.39 Å². The van der Waals surface area contributed by atoms with Gasteiger partial charge in [-0.25, -0.2) is 9.18 Å². The van der Waals surface area contributed by atoms with E-state index in [0.29, 0.717) is 43.8 Å². The molecule has 3 atom stereocenters. The van der Waals surface area contributed by atoms with Crippen molar-refractivity contribution in [3.63, 3.8) is 0 Å². The Hall–Kier alpha value is -3.99. The number of carbonyl (C=O) groups is 3. The number of rotatable bonds is 21. The Labute approximate surface area is 291 Å². The lowest BCUT2D eigenvalue weighted by atomic mass is 9.72. The maximum atomic E-state index is 16.1. The van der Waals surface area contributed by atoms with Gasteiger partial charge in [-0.15, -0.1) is 0 Å². The lowest BCUT2D eigenvalue weighted by Crippen LogP contribution is -2.39. The fourth-order valence-corrected chi connectivity index (χ4v) is 5.90. The third-order valence-corrected chi connectivity index (χ3v) is 8.72. The van der Waals surface area contributed by atoms with Gasteiger partial charge in [0, 0.05) is 25.6 Å². The molecule has 50 heavy (non-hydrogen) atoms. The van der Waals surface area contributed by atoms with E-state index in [1.807, 2.05) is 6.92 Å². The largest absolute Gasteiger partial charge is 0.480 e. The van der Waals surface area contributed by atoms with Crippen molar-refractivity contribution >= 4 is 17.9 Å². The van der Waals surface area contributed by atoms with E-state index in [9.17, 15) is 32.7 Å². The number of carboxylic acid groups (broad SMARTS) is 1. The van der Waals surface area contributed by atoms with E-state index in [1.54, 1.807) is 24.3 Å². The van der Waals surface area contributed by atoms with Crippen LogP contribution in [0.3, 0.4) is 0 Å². The summed E-state index contributed by atoms with van der Waals surface area (Å²) >= 11 is 0. The van der Waals surface area contributed by atoms with Gasteiger partial charge >= 0.3 is 24.1 Å². The summed E-state index contributed by atoms with van der Waals surface area (Å²) in [6, 6.07) is 11.4. The van der Waals surface area contributed by atoms with Crippen LogP contribution in [0.25, 0.3) is 0 Å². The topological polar surface area (TPSA) is 99.1 Å². The lowest BCUT2D eigenvalue weighted by molar-refractivity contribution is -0.206. The van der Waals surface area contributed by atoms with Crippen molar-refractivity contribution in [1.82, 2.24) is 0 Å². The fraction of sp³-hybridized carbons (Fsp3) is 0.513. The van der Waals surface area contributed by atoms with Crippen LogP contribution in [-0.4, -0.2) is 48.5 Å². The zero-order valence-electron chi connectivity index (χ0n) is 28.8. The average molecular weight is 705 g/mol. The third-order valence-electron chi connectivity index (χ3n) is 8.72. The van der Waals surface area contributed by atoms with Crippen LogP contribution >= 0.6 is 0 Å². The van der Waals surface area contributed by atoms with E-state index in [2.05, 4.69) is 6.92 Å². The molecular formula is C39H48F4O7. The Balaban J connectivity index is 1.71. The molecule has 0 heterocycles. The summed E-state index contributed by atoms with van der Waals surface area (Å²) in [5.74, 6) is -4.93. The number of halogens is 4. The normalized spacial score (nSPS) is 18.0. The molecule has 0 aliphatic heterocycles. The number of hydrogen-bond donors (Lipinski definition) is 1. The Bertz CT molecular complexity index is 1450. The van der Waals surface area contributed by atoms with Crippen LogP contribution in [0.4, 0.5) is 17.6 Å². The Morgan fingerprint density at radius 3 is 2.18 bits per heavy atom. The summed E-state index contributed by atoms with van der Waals surface area (Å²) in [6.45, 7) is 4.88. The summed E-state index contributed by atoms with van der Waals surface area (Å²) in [4.78, 5) is 38.2. The van der Waals surface area contributed by atoms with Crippen molar-refractivity contribution in [3.8, 4) is 5.75 Å². The number of aliphatic carboxylic acids is 1. The molecule has 0 aromatic heterocycles. The van der Waals surface area contributed by atoms with Gasteiger partial charge in [0.1, 0.15) is 11.6 Å². The van der Waals surface area contributed by atoms with Crippen molar-refractivity contribution in [2.75, 3.05) is 13.2 Å². The van der Waals surface area contributed by atoms with Crippen molar-refractivity contribution in [3.05, 3.63) is 89.3 Å². The highest BCUT2D eigenvalue weighted by Crippen LogP contribution is 2.43. The van der Waals surface area contributed by atoms with Gasteiger partial charge in [0.05, 0.1) is 5.56 Å². The van der Waals surface area contributed by atoms with E-state index in [-0.39, 0.29) is 18.0 Å². The van der Waals surface area contributed by atoms with Crippen molar-refractivity contribution in [2.24, 2.45) is 0 Å². The molecule has 7 nitrogen and oxygen atoms in total. The average Bonchev–Trinajstić information content (AvgIpc) is 3.08. The van der Waals surface area contributed by atoms with E-state index in [1.165, 1.54) is 43.5 Å². The van der Waals surface area contributed by atoms with Gasteiger partial charge < -0.3 is 19.3 Å². The molecule has 0 spiro atoms. The summed E-state index contributed by atoms with van der Waals surface area (Å²) in [6.07, 6.45) is 4.76. The molecule has 1 aliphatic rings. The van der Waals surface area contributed by atoms with Crippen LogP contribution in [0.2, 0.25) is 0 Å². The number of esters is 2. The number of allylic oxidation sites excluding steroid dienone is 2. The quantitative estimate of drug-likeness (QED) is 0.0454. The van der Waals surface area contributed by atoms with Crippen molar-refractivity contribution in [1.29, 1.82) is 0 Å². The molecule has 0 amide bonds. The first-order chi connectivity index (χ1) is 23.9. The number of alkyl halides is 3. The number of carbonyl (C=O) groups excluding carboxylic acids is 2. The molecule has 3 rings (SSSR count). The minimum Gasteiger partial charge on any atom is -0.480 e. The Kier molecular flexibility index (Phi) is 16.2. The maximum absolute atomic E-state index is 16.1. The second kappa shape index (κ2) is 20.0. The predicted molar refractivity (Wildman–Crippen MR) is 182 cm³/mol. The third kappa shape index (κ3) is 11.5. The van der Waals surface area contributed by atoms with E-state index < -0.39 is 53.4 Å². The first-order valence-corrected chi connectivity index (χ1v) is 17.5. The van der Waals surface area contributed by atoms with Crippen molar-refractivity contribution < 1.29 is 51.3 Å². The lowest BCUT2D eigenvalue weighted by Gasteiger charge is -2.31. The monoisotopic (exact) mass is 704 g/mol. The van der Waals surface area contributed by atoms with Gasteiger partial charge in [-0.2, -0.15) is 13.2 Å². The first-order valence-electron chi connectivity index (χ1n) is 17.5. The number of ether oxygens (including phenoxy) is 3. The molecular weight excluding hydrogens is 656 g/mol. The molecule has 0 saturated carbocycles. The number of hydrogen-bond acceptors (Lipinski definition) is 6. The molecule has 0 fully saturated rings. The molecule has 0 radical (unpaired) electrons. The molecule has 1 N–H and O–H groups in total. The van der Waals surface area contributed by atoms with Crippen LogP contribution in [0.1, 0.15) is 118 Å². The van der Waals surface area contributed by atoms with E-state index in [4.69, 9.17) is 14.2 Å². The van der Waals surface area contributed by atoms with Crippen LogP contribution < -0.4 is 4.74 Å². The van der Waals surface area contributed by atoms with Crippen molar-refractivity contribution in [2.45, 2.75) is 115 Å². The molecule has 2 aromatic rings. The van der Waals surface area contributed by atoms with Crippen LogP contribution in [0.15, 0.2) is 72.6 Å². The fourth-order valence-electron chi connectivity index (χ4n) is 5.90. The number of benzene rings is 2. The van der Waals surface area contributed by atoms with Gasteiger partial charge in [0.2, 0.25) is 0 Å². The van der Waals surface area contributed by atoms with E-state index in [0.717, 1.165) is 43.9 Å². The second-order valence-corrected chi connectivity index (χ2v) is 12.5. The summed E-state index contributed by atoms with van der Waals surface area (Å²) < 4.78 is 73.1. The molecule has 274 valence electrons. The Morgan fingerprint density at radius 2 is 1.54 bits per heavy atom.